The van der Waals surface area contributed by atoms with E-state index in [0.717, 1.165) is 0 Å². The Bertz CT molecular complexity index is 541. The van der Waals surface area contributed by atoms with Gasteiger partial charge in [-0.1, -0.05) is 0 Å². The van der Waals surface area contributed by atoms with Crippen LogP contribution >= 0.6 is 15.9 Å². The Morgan fingerprint density at radius 1 is 1.44 bits per heavy atom. The summed E-state index contributed by atoms with van der Waals surface area (Å²) in [7, 11) is -3.71. The van der Waals surface area contributed by atoms with E-state index in [1.54, 1.807) is 19.9 Å². The van der Waals surface area contributed by atoms with Gasteiger partial charge in [-0.05, 0) is 54.9 Å². The summed E-state index contributed by atoms with van der Waals surface area (Å²) in [6.45, 7) is 4.74. The second kappa shape index (κ2) is 5.16. The van der Waals surface area contributed by atoms with Crippen LogP contribution in [0.25, 0.3) is 0 Å². The minimum Gasteiger partial charge on any atom is -0.398 e. The van der Waals surface area contributed by atoms with E-state index >= 15 is 0 Å². The molecule has 1 aromatic rings. The van der Waals surface area contributed by atoms with Gasteiger partial charge in [0.15, 0.2) is 0 Å². The molecule has 1 unspecified atom stereocenters. The number of aliphatic hydroxyl groups is 1. The summed E-state index contributed by atoms with van der Waals surface area (Å²) in [5, 5.41) is 9.53. The van der Waals surface area contributed by atoms with Crippen LogP contribution in [-0.4, -0.2) is 25.2 Å². The zero-order valence-corrected chi connectivity index (χ0v) is 12.8. The van der Waals surface area contributed by atoms with E-state index in [0.29, 0.717) is 10.2 Å². The van der Waals surface area contributed by atoms with E-state index in [9.17, 15) is 13.5 Å². The maximum atomic E-state index is 12.1. The molecule has 0 amide bonds. The second-order valence-electron chi connectivity index (χ2n) is 4.69. The summed E-state index contributed by atoms with van der Waals surface area (Å²) in [6, 6.07) is 4.38. The van der Waals surface area contributed by atoms with Crippen molar-refractivity contribution < 1.29 is 13.5 Å². The predicted octanol–water partition coefficient (Wildman–Crippen LogP) is 1.47. The van der Waals surface area contributed by atoms with Crippen LogP contribution in [-0.2, 0) is 10.0 Å². The maximum Gasteiger partial charge on any atom is 0.241 e. The molecule has 0 spiro atoms. The number of hydrogen-bond acceptors (Lipinski definition) is 4. The average molecular weight is 337 g/mol. The number of anilines is 1. The van der Waals surface area contributed by atoms with Crippen molar-refractivity contribution in [3.05, 3.63) is 22.7 Å². The van der Waals surface area contributed by atoms with Crippen molar-refractivity contribution in [1.29, 1.82) is 0 Å². The average Bonchev–Trinajstić information content (AvgIpc) is 2.20. The first-order chi connectivity index (χ1) is 8.06. The Kier molecular flexibility index (Phi) is 4.42. The molecular formula is C11H17BrN2O3S. The van der Waals surface area contributed by atoms with E-state index in [1.165, 1.54) is 19.1 Å². The van der Waals surface area contributed by atoms with E-state index in [4.69, 9.17) is 5.73 Å². The van der Waals surface area contributed by atoms with Crippen LogP contribution in [0.5, 0.6) is 0 Å². The van der Waals surface area contributed by atoms with E-state index in [2.05, 4.69) is 20.7 Å². The highest BCUT2D eigenvalue weighted by Gasteiger charge is 2.30. The van der Waals surface area contributed by atoms with Crippen molar-refractivity contribution >= 4 is 31.6 Å². The Morgan fingerprint density at radius 3 is 2.44 bits per heavy atom. The van der Waals surface area contributed by atoms with Gasteiger partial charge in [-0.3, -0.25) is 0 Å². The molecular weight excluding hydrogens is 320 g/mol. The molecule has 0 aromatic heterocycles. The lowest BCUT2D eigenvalue weighted by Crippen LogP contribution is -2.50. The first-order valence-corrected chi connectivity index (χ1v) is 7.61. The lowest BCUT2D eigenvalue weighted by atomic mass is 10.0. The highest BCUT2D eigenvalue weighted by molar-refractivity contribution is 9.10. The Labute approximate surface area is 116 Å². The molecule has 0 aliphatic heterocycles. The molecule has 7 heteroatoms. The fraction of sp³-hybridized carbons (Fsp3) is 0.455. The van der Waals surface area contributed by atoms with E-state index < -0.39 is 21.7 Å². The number of hydrogen-bond donors (Lipinski definition) is 3. The molecule has 102 valence electrons. The Morgan fingerprint density at radius 2 is 2.00 bits per heavy atom. The van der Waals surface area contributed by atoms with Gasteiger partial charge in [0.1, 0.15) is 0 Å². The predicted molar refractivity (Wildman–Crippen MR) is 74.6 cm³/mol. The molecule has 0 aliphatic rings. The summed E-state index contributed by atoms with van der Waals surface area (Å²) in [5.41, 5.74) is 5.04. The molecule has 1 aromatic carbocycles. The molecule has 0 bridgehead atoms. The highest BCUT2D eigenvalue weighted by Crippen LogP contribution is 2.24. The molecule has 0 radical (unpaired) electrons. The molecule has 5 nitrogen and oxygen atoms in total. The van der Waals surface area contributed by atoms with Crippen molar-refractivity contribution in [2.24, 2.45) is 0 Å². The van der Waals surface area contributed by atoms with Crippen LogP contribution in [0.2, 0.25) is 0 Å². The first kappa shape index (κ1) is 15.4. The maximum absolute atomic E-state index is 12.1. The van der Waals surface area contributed by atoms with E-state index in [-0.39, 0.29) is 4.90 Å². The van der Waals surface area contributed by atoms with Crippen LogP contribution in [0, 0.1) is 0 Å². The zero-order valence-electron chi connectivity index (χ0n) is 10.4. The van der Waals surface area contributed by atoms with Crippen molar-refractivity contribution in [2.75, 3.05) is 5.73 Å². The molecule has 0 heterocycles. The summed E-state index contributed by atoms with van der Waals surface area (Å²) in [5.74, 6) is 0. The second-order valence-corrected chi connectivity index (χ2v) is 7.22. The quantitative estimate of drug-likeness (QED) is 0.726. The number of halogens is 1. The number of nitrogen functional groups attached to an aromatic ring is 1. The van der Waals surface area contributed by atoms with Gasteiger partial charge in [0, 0.05) is 10.2 Å². The molecule has 0 fully saturated rings. The summed E-state index contributed by atoms with van der Waals surface area (Å²) in [4.78, 5) is 0.0666. The van der Waals surface area contributed by atoms with Gasteiger partial charge in [-0.2, -0.15) is 0 Å². The summed E-state index contributed by atoms with van der Waals surface area (Å²) < 4.78 is 27.3. The molecule has 1 atom stereocenters. The van der Waals surface area contributed by atoms with Crippen LogP contribution in [0.1, 0.15) is 20.8 Å². The fourth-order valence-electron chi connectivity index (χ4n) is 1.18. The van der Waals surface area contributed by atoms with Gasteiger partial charge in [0.05, 0.1) is 16.5 Å². The van der Waals surface area contributed by atoms with Gasteiger partial charge in [0.2, 0.25) is 10.0 Å². The van der Waals surface area contributed by atoms with Crippen molar-refractivity contribution in [1.82, 2.24) is 4.72 Å². The monoisotopic (exact) mass is 336 g/mol. The smallest absolute Gasteiger partial charge is 0.241 e. The number of aliphatic hydroxyl groups excluding tert-OH is 1. The molecule has 1 rings (SSSR count). The van der Waals surface area contributed by atoms with Crippen molar-refractivity contribution in [2.45, 2.75) is 37.3 Å². The topological polar surface area (TPSA) is 92.4 Å². The fourth-order valence-corrected chi connectivity index (χ4v) is 2.94. The molecule has 4 N–H and O–H groups in total. The van der Waals surface area contributed by atoms with Crippen LogP contribution < -0.4 is 10.5 Å². The summed E-state index contributed by atoms with van der Waals surface area (Å²) in [6.07, 6.45) is -0.819. The SMILES string of the molecule is CC(O)C(C)(C)NS(=O)(=O)c1ccc(Br)c(N)c1. The number of nitrogens with two attached hydrogens (primary N) is 1. The van der Waals surface area contributed by atoms with Crippen LogP contribution in [0.15, 0.2) is 27.6 Å². The zero-order chi connectivity index (χ0) is 14.1. The van der Waals surface area contributed by atoms with Crippen LogP contribution in [0.3, 0.4) is 0 Å². The van der Waals surface area contributed by atoms with Crippen molar-refractivity contribution in [3.8, 4) is 0 Å². The number of rotatable bonds is 4. The minimum atomic E-state index is -3.71. The lowest BCUT2D eigenvalue weighted by molar-refractivity contribution is 0.111. The Hall–Kier alpha value is -0.630. The normalized spacial score (nSPS) is 14.5. The molecule has 18 heavy (non-hydrogen) atoms. The van der Waals surface area contributed by atoms with Crippen LogP contribution in [0.4, 0.5) is 5.69 Å². The van der Waals surface area contributed by atoms with Gasteiger partial charge in [-0.25, -0.2) is 13.1 Å². The number of benzene rings is 1. The number of nitrogens with one attached hydrogen (secondary N) is 1. The first-order valence-electron chi connectivity index (χ1n) is 5.33. The number of sulfonamides is 1. The lowest BCUT2D eigenvalue weighted by Gasteiger charge is -2.28. The third-order valence-corrected chi connectivity index (χ3v) is 5.11. The summed E-state index contributed by atoms with van der Waals surface area (Å²) >= 11 is 3.20. The van der Waals surface area contributed by atoms with Gasteiger partial charge >= 0.3 is 0 Å². The van der Waals surface area contributed by atoms with Gasteiger partial charge in [-0.15, -0.1) is 0 Å². The minimum absolute atomic E-state index is 0.0666. The molecule has 0 saturated carbocycles. The van der Waals surface area contributed by atoms with Crippen molar-refractivity contribution in [3.63, 3.8) is 0 Å². The highest BCUT2D eigenvalue weighted by atomic mass is 79.9. The third-order valence-electron chi connectivity index (χ3n) is 2.72. The van der Waals surface area contributed by atoms with E-state index in [1.807, 2.05) is 0 Å². The largest absolute Gasteiger partial charge is 0.398 e. The molecule has 0 saturated heterocycles. The Balaban J connectivity index is 3.11. The van der Waals surface area contributed by atoms with Gasteiger partial charge < -0.3 is 10.8 Å². The third kappa shape index (κ3) is 3.44. The van der Waals surface area contributed by atoms with Gasteiger partial charge in [0.25, 0.3) is 0 Å². The molecule has 0 aliphatic carbocycles. The standard InChI is InChI=1S/C11H17BrN2O3S/c1-7(15)11(2,3)14-18(16,17)8-4-5-9(12)10(13)6-8/h4-7,14-15H,13H2,1-3H3.